The molecule has 0 saturated carbocycles. The summed E-state index contributed by atoms with van der Waals surface area (Å²) in [6, 6.07) is 44.7. The van der Waals surface area contributed by atoms with Crippen molar-refractivity contribution in [2.75, 3.05) is 0 Å². The fourth-order valence-electron chi connectivity index (χ4n) is 8.63. The SMILES string of the molecule is C1=Cc2c(oc3c(-n4c5ccccc5c5cc6c7c(n(-c8ccc(-c9cccc%10ccccc9%10)cc8)c6cc54)CCC=C7)cccc23)CC1. The van der Waals surface area contributed by atoms with Gasteiger partial charge in [0.05, 0.1) is 22.2 Å². The zero-order valence-electron chi connectivity index (χ0n) is 27.0. The number of rotatable bonds is 3. The van der Waals surface area contributed by atoms with Crippen LogP contribution in [-0.2, 0) is 12.8 Å². The molecule has 6 aromatic carbocycles. The second kappa shape index (κ2) is 10.2. The third-order valence-electron chi connectivity index (χ3n) is 10.8. The van der Waals surface area contributed by atoms with Crippen LogP contribution in [0.15, 0.2) is 138 Å². The molecule has 0 fully saturated rings. The van der Waals surface area contributed by atoms with Gasteiger partial charge in [0, 0.05) is 50.5 Å². The first-order chi connectivity index (χ1) is 24.3. The standard InChI is InChI=1S/C46H32N2O/c1-2-13-32-29(11-1)12-9-17-33(32)30-23-25-31(26-24-30)47-40-19-6-3-14-34(40)38-27-39-35-15-4-7-20-41(35)48(44(39)28-43(38)47)42-21-10-18-37-36-16-5-8-22-45(36)49-46(37)42/h1-5,7,9-18,20-21,23-28H,6,8,19,22H2. The van der Waals surface area contributed by atoms with Crippen LogP contribution >= 0.6 is 0 Å². The number of benzene rings is 6. The van der Waals surface area contributed by atoms with E-state index in [0.29, 0.717) is 0 Å². The third-order valence-corrected chi connectivity index (χ3v) is 10.8. The maximum absolute atomic E-state index is 6.68. The Bertz CT molecular complexity index is 2870. The lowest BCUT2D eigenvalue weighted by Gasteiger charge is -2.15. The number of para-hydroxylation sites is 2. The number of aromatic nitrogens is 2. The molecule has 0 radical (unpaired) electrons. The Hall–Kier alpha value is -6.06. The van der Waals surface area contributed by atoms with Gasteiger partial charge in [0.1, 0.15) is 5.76 Å². The molecule has 0 spiro atoms. The molecule has 9 aromatic rings. The second-order valence-corrected chi connectivity index (χ2v) is 13.5. The summed E-state index contributed by atoms with van der Waals surface area (Å²) < 4.78 is 11.6. The van der Waals surface area contributed by atoms with E-state index < -0.39 is 0 Å². The smallest absolute Gasteiger partial charge is 0.158 e. The van der Waals surface area contributed by atoms with E-state index in [0.717, 1.165) is 42.7 Å². The quantitative estimate of drug-likeness (QED) is 0.191. The highest BCUT2D eigenvalue weighted by Crippen LogP contribution is 2.43. The molecule has 3 nitrogen and oxygen atoms in total. The van der Waals surface area contributed by atoms with Crippen LogP contribution in [0.1, 0.15) is 35.4 Å². The van der Waals surface area contributed by atoms with Crippen molar-refractivity contribution in [2.45, 2.75) is 25.7 Å². The number of aryl methyl sites for hydroxylation is 1. The average Bonchev–Trinajstić information content (AvgIpc) is 3.81. The maximum Gasteiger partial charge on any atom is 0.158 e. The molecule has 0 amide bonds. The van der Waals surface area contributed by atoms with Crippen LogP contribution in [0, 0.1) is 0 Å². The van der Waals surface area contributed by atoms with Crippen LogP contribution in [-0.4, -0.2) is 9.13 Å². The predicted molar refractivity (Wildman–Crippen MR) is 205 cm³/mol. The number of nitrogens with zero attached hydrogens (tertiary/aromatic N) is 2. The molecule has 0 saturated heterocycles. The highest BCUT2D eigenvalue weighted by atomic mass is 16.3. The predicted octanol–water partition coefficient (Wildman–Crippen LogP) is 12.2. The van der Waals surface area contributed by atoms with Crippen LogP contribution in [0.4, 0.5) is 0 Å². The van der Waals surface area contributed by atoms with E-state index >= 15 is 0 Å². The minimum absolute atomic E-state index is 0.944. The van der Waals surface area contributed by atoms with E-state index in [1.54, 1.807) is 0 Å². The number of furan rings is 1. The summed E-state index contributed by atoms with van der Waals surface area (Å²) in [4.78, 5) is 0. The topological polar surface area (TPSA) is 23.0 Å². The number of allylic oxidation sites excluding steroid dienone is 2. The maximum atomic E-state index is 6.68. The van der Waals surface area contributed by atoms with Gasteiger partial charge >= 0.3 is 0 Å². The minimum atomic E-state index is 0.944. The molecule has 49 heavy (non-hydrogen) atoms. The van der Waals surface area contributed by atoms with Gasteiger partial charge in [0.25, 0.3) is 0 Å². The zero-order valence-corrected chi connectivity index (χ0v) is 27.0. The molecular weight excluding hydrogens is 597 g/mol. The van der Waals surface area contributed by atoms with Crippen molar-refractivity contribution < 1.29 is 4.42 Å². The number of hydrogen-bond acceptors (Lipinski definition) is 1. The minimum Gasteiger partial charge on any atom is -0.458 e. The molecule has 0 unspecified atom stereocenters. The molecule has 0 N–H and O–H groups in total. The van der Waals surface area contributed by atoms with E-state index in [4.69, 9.17) is 4.42 Å². The van der Waals surface area contributed by atoms with Crippen molar-refractivity contribution in [3.63, 3.8) is 0 Å². The molecule has 3 heterocycles. The van der Waals surface area contributed by atoms with Crippen molar-refractivity contribution in [2.24, 2.45) is 0 Å². The van der Waals surface area contributed by atoms with E-state index in [1.165, 1.54) is 82.5 Å². The van der Waals surface area contributed by atoms with Gasteiger partial charge in [-0.1, -0.05) is 109 Å². The first-order valence-corrected chi connectivity index (χ1v) is 17.4. The van der Waals surface area contributed by atoms with Crippen molar-refractivity contribution in [3.8, 4) is 22.5 Å². The van der Waals surface area contributed by atoms with Crippen molar-refractivity contribution >= 4 is 66.6 Å². The molecular formula is C46H32N2O. The summed E-state index contributed by atoms with van der Waals surface area (Å²) in [5.41, 5.74) is 13.3. The average molecular weight is 629 g/mol. The molecule has 2 aliphatic carbocycles. The summed E-state index contributed by atoms with van der Waals surface area (Å²) >= 11 is 0. The second-order valence-electron chi connectivity index (χ2n) is 13.5. The Kier molecular flexibility index (Phi) is 5.62. The highest BCUT2D eigenvalue weighted by Gasteiger charge is 2.24. The lowest BCUT2D eigenvalue weighted by atomic mass is 9.98. The fourth-order valence-corrected chi connectivity index (χ4v) is 8.63. The first kappa shape index (κ1) is 26.9. The molecule has 11 rings (SSSR count). The lowest BCUT2D eigenvalue weighted by molar-refractivity contribution is 0.545. The van der Waals surface area contributed by atoms with Gasteiger partial charge in [0.15, 0.2) is 5.58 Å². The third kappa shape index (κ3) is 3.84. The summed E-state index contributed by atoms with van der Waals surface area (Å²) in [6.07, 6.45) is 13.2. The van der Waals surface area contributed by atoms with Crippen LogP contribution in [0.25, 0.3) is 89.1 Å². The largest absolute Gasteiger partial charge is 0.458 e. The molecule has 0 bridgehead atoms. The fraction of sp³-hybridized carbons (Fsp3) is 0.0870. The van der Waals surface area contributed by atoms with Gasteiger partial charge in [-0.3, -0.25) is 0 Å². The Morgan fingerprint density at radius 1 is 0.510 bits per heavy atom. The van der Waals surface area contributed by atoms with E-state index in [2.05, 4.69) is 155 Å². The summed E-state index contributed by atoms with van der Waals surface area (Å²) in [7, 11) is 0. The van der Waals surface area contributed by atoms with E-state index in [1.807, 2.05) is 0 Å². The Morgan fingerprint density at radius 3 is 2.16 bits per heavy atom. The van der Waals surface area contributed by atoms with Gasteiger partial charge in [-0.15, -0.1) is 0 Å². The number of hydrogen-bond donors (Lipinski definition) is 0. The summed E-state index contributed by atoms with van der Waals surface area (Å²) in [5, 5.41) is 7.56. The summed E-state index contributed by atoms with van der Waals surface area (Å²) in [6.45, 7) is 0. The van der Waals surface area contributed by atoms with Crippen molar-refractivity contribution in [3.05, 3.63) is 156 Å². The number of fused-ring (bicyclic) bond motifs is 10. The Balaban J connectivity index is 1.17. The highest BCUT2D eigenvalue weighted by molar-refractivity contribution is 6.15. The molecule has 232 valence electrons. The van der Waals surface area contributed by atoms with Gasteiger partial charge in [-0.05, 0) is 77.6 Å². The van der Waals surface area contributed by atoms with Gasteiger partial charge in [-0.2, -0.15) is 0 Å². The van der Waals surface area contributed by atoms with Crippen LogP contribution in [0.2, 0.25) is 0 Å². The van der Waals surface area contributed by atoms with E-state index in [-0.39, 0.29) is 0 Å². The molecule has 3 heteroatoms. The van der Waals surface area contributed by atoms with Crippen LogP contribution in [0.3, 0.4) is 0 Å². The van der Waals surface area contributed by atoms with Crippen LogP contribution < -0.4 is 0 Å². The molecule has 2 aliphatic rings. The van der Waals surface area contributed by atoms with Crippen molar-refractivity contribution in [1.29, 1.82) is 0 Å². The monoisotopic (exact) mass is 628 g/mol. The lowest BCUT2D eigenvalue weighted by Crippen LogP contribution is -2.03. The zero-order chi connectivity index (χ0) is 32.1. The molecule has 0 aliphatic heterocycles. The van der Waals surface area contributed by atoms with Gasteiger partial charge in [0.2, 0.25) is 0 Å². The summed E-state index contributed by atoms with van der Waals surface area (Å²) in [5.74, 6) is 1.09. The molecule has 0 atom stereocenters. The Labute approximate surface area is 283 Å². The first-order valence-electron chi connectivity index (χ1n) is 17.4. The van der Waals surface area contributed by atoms with Crippen LogP contribution in [0.5, 0.6) is 0 Å². The van der Waals surface area contributed by atoms with Gasteiger partial charge < -0.3 is 13.6 Å². The Morgan fingerprint density at radius 2 is 1.24 bits per heavy atom. The normalized spacial score (nSPS) is 14.0. The van der Waals surface area contributed by atoms with Gasteiger partial charge in [-0.25, -0.2) is 0 Å². The van der Waals surface area contributed by atoms with E-state index in [9.17, 15) is 0 Å². The molecule has 3 aromatic heterocycles. The van der Waals surface area contributed by atoms with Crippen molar-refractivity contribution in [1.82, 2.24) is 9.13 Å².